The van der Waals surface area contributed by atoms with Crippen molar-refractivity contribution >= 4 is 17.5 Å². The van der Waals surface area contributed by atoms with Gasteiger partial charge in [0.15, 0.2) is 0 Å². The molecule has 2 aromatic carbocycles. The molecule has 3 nitrogen and oxygen atoms in total. The minimum atomic E-state index is -0.0550. The quantitative estimate of drug-likeness (QED) is 0.933. The van der Waals surface area contributed by atoms with E-state index in [9.17, 15) is 9.90 Å². The maximum absolute atomic E-state index is 12.3. The van der Waals surface area contributed by atoms with Crippen LogP contribution >= 0.6 is 11.6 Å². The van der Waals surface area contributed by atoms with E-state index in [-0.39, 0.29) is 24.1 Å². The van der Waals surface area contributed by atoms with Crippen LogP contribution in [0.3, 0.4) is 0 Å². The van der Waals surface area contributed by atoms with Crippen LogP contribution in [0.5, 0.6) is 5.75 Å². The third kappa shape index (κ3) is 3.76. The van der Waals surface area contributed by atoms with E-state index in [1.807, 2.05) is 37.3 Å². The van der Waals surface area contributed by atoms with Gasteiger partial charge in [-0.15, -0.1) is 0 Å². The number of aromatic hydroxyl groups is 1. The Balaban J connectivity index is 2.08. The fourth-order valence-corrected chi connectivity index (χ4v) is 2.25. The summed E-state index contributed by atoms with van der Waals surface area (Å²) in [6.07, 6.45) is 0.182. The van der Waals surface area contributed by atoms with Gasteiger partial charge in [-0.2, -0.15) is 0 Å². The Bertz CT molecular complexity index is 625. The normalized spacial score (nSPS) is 12.0. The van der Waals surface area contributed by atoms with E-state index in [1.54, 1.807) is 30.1 Å². The highest BCUT2D eigenvalue weighted by atomic mass is 35.5. The lowest BCUT2D eigenvalue weighted by Gasteiger charge is -2.25. The number of nitrogens with zero attached hydrogens (tertiary/aromatic N) is 1. The maximum Gasteiger partial charge on any atom is 0.227 e. The summed E-state index contributed by atoms with van der Waals surface area (Å²) >= 11 is 5.87. The van der Waals surface area contributed by atoms with Crippen LogP contribution in [0.25, 0.3) is 0 Å². The number of amides is 1. The van der Waals surface area contributed by atoms with Gasteiger partial charge in [0.2, 0.25) is 5.91 Å². The summed E-state index contributed by atoms with van der Waals surface area (Å²) in [7, 11) is 1.77. The summed E-state index contributed by atoms with van der Waals surface area (Å²) in [5.41, 5.74) is 1.66. The number of likely N-dealkylation sites (N-methyl/N-ethyl adjacent to an activating group) is 1. The first kappa shape index (κ1) is 15.4. The average Bonchev–Trinajstić information content (AvgIpc) is 2.49. The van der Waals surface area contributed by atoms with E-state index >= 15 is 0 Å². The van der Waals surface area contributed by atoms with E-state index in [0.717, 1.165) is 5.56 Å². The first-order valence-electron chi connectivity index (χ1n) is 6.77. The predicted molar refractivity (Wildman–Crippen MR) is 84.4 cm³/mol. The molecule has 0 saturated carbocycles. The Morgan fingerprint density at radius 3 is 2.43 bits per heavy atom. The van der Waals surface area contributed by atoms with Crippen LogP contribution in [-0.2, 0) is 11.2 Å². The molecule has 0 unspecified atom stereocenters. The third-order valence-corrected chi connectivity index (χ3v) is 3.91. The lowest BCUT2D eigenvalue weighted by Crippen LogP contribution is -2.30. The molecule has 21 heavy (non-hydrogen) atoms. The molecule has 2 rings (SSSR count). The van der Waals surface area contributed by atoms with Crippen molar-refractivity contribution in [1.29, 1.82) is 0 Å². The predicted octanol–water partition coefficient (Wildman–Crippen LogP) is 3.81. The van der Waals surface area contributed by atoms with Crippen LogP contribution in [-0.4, -0.2) is 23.0 Å². The van der Waals surface area contributed by atoms with Crippen molar-refractivity contribution in [2.24, 2.45) is 0 Å². The van der Waals surface area contributed by atoms with Crippen LogP contribution in [0.15, 0.2) is 48.5 Å². The van der Waals surface area contributed by atoms with Gasteiger partial charge in [0.25, 0.3) is 0 Å². The van der Waals surface area contributed by atoms with E-state index in [2.05, 4.69) is 0 Å². The van der Waals surface area contributed by atoms with Crippen molar-refractivity contribution in [3.63, 3.8) is 0 Å². The number of benzene rings is 2. The van der Waals surface area contributed by atoms with Crippen molar-refractivity contribution in [3.8, 4) is 5.75 Å². The minimum absolute atomic E-state index is 0.0426. The fourth-order valence-electron chi connectivity index (χ4n) is 2.13. The molecule has 2 aromatic rings. The molecule has 110 valence electrons. The number of phenols is 1. The summed E-state index contributed by atoms with van der Waals surface area (Å²) in [4.78, 5) is 14.0. The lowest BCUT2D eigenvalue weighted by atomic mass is 10.1. The summed E-state index contributed by atoms with van der Waals surface area (Å²) < 4.78 is 0. The Labute approximate surface area is 129 Å². The standard InChI is InChI=1S/C17H18ClNO2/c1-12(13-7-9-15(18)10-8-13)19(2)17(21)11-14-5-3-4-6-16(14)20/h3-10,12,20H,11H2,1-2H3/t12-/m0/s1. The molecule has 0 bridgehead atoms. The van der Waals surface area contributed by atoms with Gasteiger partial charge >= 0.3 is 0 Å². The fraction of sp³-hybridized carbons (Fsp3) is 0.235. The first-order valence-corrected chi connectivity index (χ1v) is 7.15. The monoisotopic (exact) mass is 303 g/mol. The van der Waals surface area contributed by atoms with Crippen LogP contribution < -0.4 is 0 Å². The molecule has 0 aliphatic rings. The molecule has 1 amide bonds. The van der Waals surface area contributed by atoms with E-state index in [0.29, 0.717) is 10.6 Å². The molecule has 0 aliphatic carbocycles. The number of carbonyl (C=O) groups is 1. The van der Waals surface area contributed by atoms with Crippen molar-refractivity contribution in [1.82, 2.24) is 4.90 Å². The molecule has 0 radical (unpaired) electrons. The summed E-state index contributed by atoms with van der Waals surface area (Å²) in [6, 6.07) is 14.3. The first-order chi connectivity index (χ1) is 9.99. The summed E-state index contributed by atoms with van der Waals surface area (Å²) in [5.74, 6) is 0.109. The van der Waals surface area contributed by atoms with Gasteiger partial charge in [-0.05, 0) is 30.7 Å². The molecular weight excluding hydrogens is 286 g/mol. The van der Waals surface area contributed by atoms with Gasteiger partial charge < -0.3 is 10.0 Å². The number of carbonyl (C=O) groups excluding carboxylic acids is 1. The number of phenolic OH excluding ortho intramolecular Hbond substituents is 1. The number of halogens is 1. The maximum atomic E-state index is 12.3. The zero-order chi connectivity index (χ0) is 15.4. The second kappa shape index (κ2) is 6.64. The van der Waals surface area contributed by atoms with Gasteiger partial charge in [0, 0.05) is 17.6 Å². The minimum Gasteiger partial charge on any atom is -0.508 e. The van der Waals surface area contributed by atoms with Crippen LogP contribution in [0.4, 0.5) is 0 Å². The van der Waals surface area contributed by atoms with Gasteiger partial charge in [-0.3, -0.25) is 4.79 Å². The molecule has 0 heterocycles. The van der Waals surface area contributed by atoms with Crippen molar-refractivity contribution in [3.05, 3.63) is 64.7 Å². The van der Waals surface area contributed by atoms with Gasteiger partial charge in [-0.1, -0.05) is 41.9 Å². The second-order valence-electron chi connectivity index (χ2n) is 5.04. The Morgan fingerprint density at radius 2 is 1.81 bits per heavy atom. The van der Waals surface area contributed by atoms with Crippen LogP contribution in [0.1, 0.15) is 24.1 Å². The molecule has 0 spiro atoms. The Hall–Kier alpha value is -2.00. The zero-order valence-electron chi connectivity index (χ0n) is 12.1. The molecule has 4 heteroatoms. The molecule has 0 aliphatic heterocycles. The molecular formula is C17H18ClNO2. The van der Waals surface area contributed by atoms with Crippen molar-refractivity contribution in [2.45, 2.75) is 19.4 Å². The highest BCUT2D eigenvalue weighted by molar-refractivity contribution is 6.30. The largest absolute Gasteiger partial charge is 0.508 e. The topological polar surface area (TPSA) is 40.5 Å². The van der Waals surface area contributed by atoms with Gasteiger partial charge in [0.05, 0.1) is 12.5 Å². The average molecular weight is 304 g/mol. The third-order valence-electron chi connectivity index (χ3n) is 3.66. The van der Waals surface area contributed by atoms with E-state index < -0.39 is 0 Å². The van der Waals surface area contributed by atoms with E-state index in [4.69, 9.17) is 11.6 Å². The smallest absolute Gasteiger partial charge is 0.227 e. The zero-order valence-corrected chi connectivity index (χ0v) is 12.8. The van der Waals surface area contributed by atoms with Gasteiger partial charge in [0.1, 0.15) is 5.75 Å². The summed E-state index contributed by atoms with van der Waals surface area (Å²) in [5, 5.41) is 10.4. The van der Waals surface area contributed by atoms with Crippen LogP contribution in [0.2, 0.25) is 5.02 Å². The Morgan fingerprint density at radius 1 is 1.19 bits per heavy atom. The molecule has 0 saturated heterocycles. The van der Waals surface area contributed by atoms with Gasteiger partial charge in [-0.25, -0.2) is 0 Å². The van der Waals surface area contributed by atoms with Crippen LogP contribution in [0, 0.1) is 0 Å². The second-order valence-corrected chi connectivity index (χ2v) is 5.47. The Kier molecular flexibility index (Phi) is 4.86. The molecule has 0 aromatic heterocycles. The SMILES string of the molecule is C[C@@H](c1ccc(Cl)cc1)N(C)C(=O)Cc1ccccc1O. The number of hydrogen-bond acceptors (Lipinski definition) is 2. The molecule has 1 N–H and O–H groups in total. The molecule has 1 atom stereocenters. The van der Waals surface area contributed by atoms with Crippen molar-refractivity contribution in [2.75, 3.05) is 7.05 Å². The summed E-state index contributed by atoms with van der Waals surface area (Å²) in [6.45, 7) is 1.96. The van der Waals surface area contributed by atoms with E-state index in [1.165, 1.54) is 0 Å². The lowest BCUT2D eigenvalue weighted by molar-refractivity contribution is -0.131. The highest BCUT2D eigenvalue weighted by Gasteiger charge is 2.18. The number of rotatable bonds is 4. The number of para-hydroxylation sites is 1. The molecule has 0 fully saturated rings. The van der Waals surface area contributed by atoms with Crippen molar-refractivity contribution < 1.29 is 9.90 Å². The highest BCUT2D eigenvalue weighted by Crippen LogP contribution is 2.23. The number of hydrogen-bond donors (Lipinski definition) is 1.